The molecule has 0 aliphatic carbocycles. The van der Waals surface area contributed by atoms with Gasteiger partial charge in [-0.25, -0.2) is 9.97 Å². The molecule has 1 amide bonds. The summed E-state index contributed by atoms with van der Waals surface area (Å²) in [7, 11) is 0. The minimum atomic E-state index is -0.600. The summed E-state index contributed by atoms with van der Waals surface area (Å²) in [5, 5.41) is 12.3. The van der Waals surface area contributed by atoms with Crippen molar-refractivity contribution in [2.24, 2.45) is 0 Å². The first-order chi connectivity index (χ1) is 15.5. The fraction of sp³-hybridized carbons (Fsp3) is 0.429. The molecule has 2 saturated heterocycles. The topological polar surface area (TPSA) is 90.0 Å². The second-order valence-corrected chi connectivity index (χ2v) is 9.37. The number of carbonyl (C=O) groups is 1. The van der Waals surface area contributed by atoms with Gasteiger partial charge in [0.15, 0.2) is 5.65 Å². The van der Waals surface area contributed by atoms with Gasteiger partial charge in [-0.1, -0.05) is 40.9 Å². The molecular weight excluding hydrogens is 473 g/mol. The van der Waals surface area contributed by atoms with Gasteiger partial charge >= 0.3 is 0 Å². The van der Waals surface area contributed by atoms with Crippen molar-refractivity contribution in [1.82, 2.24) is 30.4 Å². The Kier molecular flexibility index (Phi) is 5.88. The number of aromatic amines is 1. The van der Waals surface area contributed by atoms with Gasteiger partial charge in [-0.2, -0.15) is 5.10 Å². The summed E-state index contributed by atoms with van der Waals surface area (Å²) in [6, 6.07) is 5.57. The van der Waals surface area contributed by atoms with Gasteiger partial charge in [0.1, 0.15) is 22.7 Å². The van der Waals surface area contributed by atoms with Gasteiger partial charge in [0.05, 0.1) is 15.5 Å². The summed E-state index contributed by atoms with van der Waals surface area (Å²) in [5.41, 5.74) is 0.868. The van der Waals surface area contributed by atoms with Crippen LogP contribution >= 0.6 is 34.8 Å². The van der Waals surface area contributed by atoms with Crippen molar-refractivity contribution in [2.75, 3.05) is 44.2 Å². The highest BCUT2D eigenvalue weighted by molar-refractivity contribution is 6.42. The lowest BCUT2D eigenvalue weighted by molar-refractivity contribution is -0.139. The zero-order valence-corrected chi connectivity index (χ0v) is 19.5. The van der Waals surface area contributed by atoms with Crippen molar-refractivity contribution in [2.45, 2.75) is 18.3 Å². The quantitative estimate of drug-likeness (QED) is 0.581. The number of anilines is 1. The number of carbonyl (C=O) groups excluding carboxylic acids is 1. The van der Waals surface area contributed by atoms with Crippen LogP contribution in [0.2, 0.25) is 15.2 Å². The molecule has 168 valence electrons. The van der Waals surface area contributed by atoms with Crippen LogP contribution in [0.25, 0.3) is 11.0 Å². The van der Waals surface area contributed by atoms with E-state index in [0.717, 1.165) is 37.3 Å². The average molecular weight is 495 g/mol. The number of nitrogens with one attached hydrogen (secondary N) is 2. The van der Waals surface area contributed by atoms with E-state index in [-0.39, 0.29) is 5.91 Å². The maximum atomic E-state index is 13.9. The monoisotopic (exact) mass is 493 g/mol. The van der Waals surface area contributed by atoms with Crippen LogP contribution in [-0.4, -0.2) is 70.2 Å². The van der Waals surface area contributed by atoms with Crippen LogP contribution in [0.15, 0.2) is 24.5 Å². The van der Waals surface area contributed by atoms with Gasteiger partial charge in [0.2, 0.25) is 5.91 Å². The number of fused-ring (bicyclic) bond motifs is 1. The lowest BCUT2D eigenvalue weighted by Crippen LogP contribution is -2.57. The Morgan fingerprint density at radius 2 is 1.75 bits per heavy atom. The summed E-state index contributed by atoms with van der Waals surface area (Å²) in [5.74, 6) is 0.883. The fourth-order valence-electron chi connectivity index (χ4n) is 4.74. The Labute approximate surface area is 200 Å². The van der Waals surface area contributed by atoms with E-state index in [2.05, 4.69) is 30.4 Å². The molecule has 0 bridgehead atoms. The first-order valence-corrected chi connectivity index (χ1v) is 11.7. The van der Waals surface area contributed by atoms with Crippen LogP contribution < -0.4 is 10.2 Å². The van der Waals surface area contributed by atoms with E-state index in [9.17, 15) is 4.79 Å². The second-order valence-electron chi connectivity index (χ2n) is 8.17. The molecular formula is C21H22Cl3N7O. The van der Waals surface area contributed by atoms with Crippen LogP contribution in [0.3, 0.4) is 0 Å². The molecule has 8 nitrogen and oxygen atoms in total. The standard InChI is InChI=1S/C21H22Cl3N7O/c22-14-2-1-13(11-15(14)23)21(3-5-25-6-4-21)20(32)31-9-7-30(8-10-31)19-16-17(24)28-29-18(16)26-12-27-19/h1-2,11-12,25H,3-10H2,(H,26,27,28,29). The van der Waals surface area contributed by atoms with Gasteiger partial charge in [-0.05, 0) is 43.6 Å². The molecule has 0 saturated carbocycles. The number of rotatable bonds is 3. The van der Waals surface area contributed by atoms with Crippen molar-refractivity contribution >= 4 is 57.6 Å². The molecule has 2 aliphatic heterocycles. The zero-order valence-electron chi connectivity index (χ0n) is 17.2. The molecule has 2 aromatic heterocycles. The van der Waals surface area contributed by atoms with E-state index in [0.29, 0.717) is 52.4 Å². The largest absolute Gasteiger partial charge is 0.352 e. The lowest BCUT2D eigenvalue weighted by atomic mass is 9.72. The smallest absolute Gasteiger partial charge is 0.233 e. The number of amides is 1. The van der Waals surface area contributed by atoms with Crippen molar-refractivity contribution in [3.8, 4) is 0 Å². The van der Waals surface area contributed by atoms with E-state index >= 15 is 0 Å². The van der Waals surface area contributed by atoms with Crippen LogP contribution in [0.4, 0.5) is 5.82 Å². The molecule has 4 heterocycles. The SMILES string of the molecule is O=C(N1CCN(c2ncnc3n[nH]c(Cl)c23)CC1)C1(c2ccc(Cl)c(Cl)c2)CCNCC1. The molecule has 2 aliphatic rings. The minimum absolute atomic E-state index is 0.145. The van der Waals surface area contributed by atoms with E-state index < -0.39 is 5.41 Å². The minimum Gasteiger partial charge on any atom is -0.352 e. The van der Waals surface area contributed by atoms with Crippen LogP contribution in [-0.2, 0) is 10.2 Å². The van der Waals surface area contributed by atoms with E-state index in [1.54, 1.807) is 6.07 Å². The Balaban J connectivity index is 1.38. The first kappa shape index (κ1) is 21.7. The third kappa shape index (κ3) is 3.69. The molecule has 2 N–H and O–H groups in total. The normalized spacial score (nSPS) is 18.8. The van der Waals surface area contributed by atoms with Crippen molar-refractivity contribution in [3.05, 3.63) is 45.3 Å². The molecule has 11 heteroatoms. The third-order valence-corrected chi connectivity index (χ3v) is 7.50. The number of benzene rings is 1. The molecule has 0 radical (unpaired) electrons. The number of piperazine rings is 1. The maximum absolute atomic E-state index is 13.9. The van der Waals surface area contributed by atoms with E-state index in [1.807, 2.05) is 17.0 Å². The highest BCUT2D eigenvalue weighted by Gasteiger charge is 2.44. The Hall–Kier alpha value is -2.13. The van der Waals surface area contributed by atoms with Crippen molar-refractivity contribution in [1.29, 1.82) is 0 Å². The lowest BCUT2D eigenvalue weighted by Gasteiger charge is -2.43. The highest BCUT2D eigenvalue weighted by atomic mass is 35.5. The number of piperidine rings is 1. The van der Waals surface area contributed by atoms with Gasteiger partial charge in [0, 0.05) is 26.2 Å². The molecule has 0 unspecified atom stereocenters. The van der Waals surface area contributed by atoms with Gasteiger partial charge < -0.3 is 15.1 Å². The van der Waals surface area contributed by atoms with Crippen LogP contribution in [0.5, 0.6) is 0 Å². The zero-order chi connectivity index (χ0) is 22.3. The molecule has 1 aromatic carbocycles. The fourth-order valence-corrected chi connectivity index (χ4v) is 5.25. The predicted molar refractivity (Wildman–Crippen MR) is 126 cm³/mol. The molecule has 0 spiro atoms. The van der Waals surface area contributed by atoms with Gasteiger partial charge in [-0.3, -0.25) is 9.89 Å². The second kappa shape index (κ2) is 8.67. The first-order valence-electron chi connectivity index (χ1n) is 10.5. The van der Waals surface area contributed by atoms with E-state index in [4.69, 9.17) is 34.8 Å². The van der Waals surface area contributed by atoms with Crippen molar-refractivity contribution in [3.63, 3.8) is 0 Å². The molecule has 5 rings (SSSR count). The number of nitrogens with zero attached hydrogens (tertiary/aromatic N) is 5. The third-order valence-electron chi connectivity index (χ3n) is 6.49. The Bertz CT molecular complexity index is 1150. The van der Waals surface area contributed by atoms with E-state index in [1.165, 1.54) is 6.33 Å². The number of H-pyrrole nitrogens is 1. The number of halogens is 3. The van der Waals surface area contributed by atoms with Crippen molar-refractivity contribution < 1.29 is 4.79 Å². The maximum Gasteiger partial charge on any atom is 0.233 e. The Morgan fingerprint density at radius 3 is 2.47 bits per heavy atom. The summed E-state index contributed by atoms with van der Waals surface area (Å²) in [6.45, 7) is 4.05. The summed E-state index contributed by atoms with van der Waals surface area (Å²) in [4.78, 5) is 26.6. The molecule has 3 aromatic rings. The number of aromatic nitrogens is 4. The summed E-state index contributed by atoms with van der Waals surface area (Å²) in [6.07, 6.45) is 2.93. The van der Waals surface area contributed by atoms with Gasteiger partial charge in [-0.15, -0.1) is 0 Å². The number of hydrogen-bond acceptors (Lipinski definition) is 6. The predicted octanol–water partition coefficient (Wildman–Crippen LogP) is 3.28. The number of hydrogen-bond donors (Lipinski definition) is 2. The molecule has 2 fully saturated rings. The molecule has 0 atom stereocenters. The summed E-state index contributed by atoms with van der Waals surface area (Å²) < 4.78 is 0. The Morgan fingerprint density at radius 1 is 1.00 bits per heavy atom. The van der Waals surface area contributed by atoms with Gasteiger partial charge in [0.25, 0.3) is 0 Å². The van der Waals surface area contributed by atoms with Crippen LogP contribution in [0, 0.1) is 0 Å². The average Bonchev–Trinajstić information content (AvgIpc) is 3.22. The summed E-state index contributed by atoms with van der Waals surface area (Å²) >= 11 is 18.7. The highest BCUT2D eigenvalue weighted by Crippen LogP contribution is 2.39. The van der Waals surface area contributed by atoms with Crippen LogP contribution in [0.1, 0.15) is 18.4 Å². The molecule has 32 heavy (non-hydrogen) atoms.